The minimum Gasteiger partial charge on any atom is -0.449 e. The Morgan fingerprint density at radius 2 is 1.21 bits per heavy atom. The Bertz CT molecular complexity index is 1500. The summed E-state index contributed by atoms with van der Waals surface area (Å²) in [4.78, 5) is 24.3. The lowest BCUT2D eigenvalue weighted by atomic mass is 10.3. The summed E-state index contributed by atoms with van der Waals surface area (Å²) in [7, 11) is 0. The molecule has 0 atom stereocenters. The van der Waals surface area contributed by atoms with E-state index < -0.39 is 0 Å². The molecule has 0 spiro atoms. The van der Waals surface area contributed by atoms with E-state index in [0.717, 1.165) is 63.9 Å². The molecule has 0 saturated heterocycles. The summed E-state index contributed by atoms with van der Waals surface area (Å²) in [5.41, 5.74) is 2.91. The lowest BCUT2D eigenvalue weighted by molar-refractivity contribution is 0.521. The van der Waals surface area contributed by atoms with Crippen molar-refractivity contribution < 1.29 is 8.83 Å². The molecule has 6 heterocycles. The van der Waals surface area contributed by atoms with Crippen LogP contribution in [0.3, 0.4) is 0 Å². The van der Waals surface area contributed by atoms with Gasteiger partial charge in [0.1, 0.15) is 11.8 Å². The summed E-state index contributed by atoms with van der Waals surface area (Å²) in [5.74, 6) is 3.72. The Morgan fingerprint density at radius 1 is 0.607 bits per heavy atom. The predicted molar refractivity (Wildman–Crippen MR) is 256 cm³/mol. The van der Waals surface area contributed by atoms with E-state index >= 15 is 0 Å². The number of nitrogens with zero attached hydrogens (tertiary/aromatic N) is 6. The number of hydrogen-bond acceptors (Lipinski definition) is 12. The van der Waals surface area contributed by atoms with E-state index in [1.165, 1.54) is 15.5 Å². The van der Waals surface area contributed by atoms with Crippen LogP contribution in [-0.2, 0) is 0 Å². The third-order valence-electron chi connectivity index (χ3n) is 5.49. The third-order valence-corrected chi connectivity index (χ3v) is 8.08. The Kier molecular flexibility index (Phi) is 46.1. The van der Waals surface area contributed by atoms with Gasteiger partial charge in [-0.2, -0.15) is 0 Å². The molecule has 2 aliphatic rings. The average molecular weight is 830 g/mol. The average Bonchev–Trinajstić information content (AvgIpc) is 4.13. The van der Waals surface area contributed by atoms with Crippen LogP contribution in [0.4, 0.5) is 0 Å². The van der Waals surface area contributed by atoms with Crippen LogP contribution in [-0.4, -0.2) is 56.2 Å². The van der Waals surface area contributed by atoms with Crippen LogP contribution in [0.15, 0.2) is 91.4 Å². The quantitative estimate of drug-likeness (QED) is 0.161. The van der Waals surface area contributed by atoms with Gasteiger partial charge in [0.15, 0.2) is 17.4 Å². The highest BCUT2D eigenvalue weighted by Gasteiger charge is 1.98. The third kappa shape index (κ3) is 31.3. The fraction of sp³-hybridized carbons (Fsp3) is 0.500. The lowest BCUT2D eigenvalue weighted by Crippen LogP contribution is -2.13. The van der Waals surface area contributed by atoms with Gasteiger partial charge in [0.2, 0.25) is 0 Å². The van der Waals surface area contributed by atoms with Crippen LogP contribution >= 0.6 is 34.4 Å². The second-order valence-corrected chi connectivity index (χ2v) is 12.8. The molecular formula is C44H75N7O2S3. The van der Waals surface area contributed by atoms with Crippen molar-refractivity contribution in [2.45, 2.75) is 125 Å². The molecule has 56 heavy (non-hydrogen) atoms. The zero-order valence-electron chi connectivity index (χ0n) is 38.0. The first-order valence-electron chi connectivity index (χ1n) is 20.1. The highest BCUT2D eigenvalue weighted by Crippen LogP contribution is 2.20. The molecule has 0 bridgehead atoms. The van der Waals surface area contributed by atoms with Gasteiger partial charge < -0.3 is 14.2 Å². The van der Waals surface area contributed by atoms with Crippen LogP contribution in [0.2, 0.25) is 0 Å². The number of benzene rings is 2. The second kappa shape index (κ2) is 43.9. The fourth-order valence-electron chi connectivity index (χ4n) is 3.52. The van der Waals surface area contributed by atoms with Crippen molar-refractivity contribution in [1.29, 1.82) is 0 Å². The van der Waals surface area contributed by atoms with Crippen LogP contribution in [0.5, 0.6) is 0 Å². The number of aliphatic imine (C=N–C) groups is 2. The summed E-state index contributed by atoms with van der Waals surface area (Å²) < 4.78 is 11.3. The monoisotopic (exact) mass is 830 g/mol. The summed E-state index contributed by atoms with van der Waals surface area (Å²) in [6.45, 7) is 38.7. The topological polar surface area (TPSA) is 115 Å². The van der Waals surface area contributed by atoms with Gasteiger partial charge in [-0.3, -0.25) is 15.0 Å². The van der Waals surface area contributed by atoms with E-state index in [9.17, 15) is 0 Å². The van der Waals surface area contributed by atoms with Crippen LogP contribution in [0.25, 0.3) is 21.3 Å². The first-order valence-corrected chi connectivity index (χ1v) is 22.7. The number of aryl methyl sites for hydroxylation is 4. The first-order chi connectivity index (χ1) is 27.3. The van der Waals surface area contributed by atoms with Crippen LogP contribution < -0.4 is 5.32 Å². The molecule has 8 rings (SSSR count). The van der Waals surface area contributed by atoms with Crippen LogP contribution in [0, 0.1) is 27.7 Å². The van der Waals surface area contributed by atoms with E-state index in [1.54, 1.807) is 48.3 Å². The van der Waals surface area contributed by atoms with Crippen molar-refractivity contribution >= 4 is 66.6 Å². The number of nitrogens with one attached hydrogen (secondary N) is 1. The van der Waals surface area contributed by atoms with Gasteiger partial charge in [0.05, 0.1) is 43.9 Å². The largest absolute Gasteiger partial charge is 0.449 e. The number of fused-ring (bicyclic) bond motifs is 2. The molecular weight excluding hydrogens is 755 g/mol. The Hall–Kier alpha value is -3.87. The molecule has 2 aromatic carbocycles. The summed E-state index contributed by atoms with van der Waals surface area (Å²) in [6.07, 6.45) is 4.98. The van der Waals surface area contributed by atoms with Gasteiger partial charge in [0, 0.05) is 44.3 Å². The van der Waals surface area contributed by atoms with Gasteiger partial charge in [-0.15, -0.1) is 34.4 Å². The van der Waals surface area contributed by atoms with E-state index in [1.807, 2.05) is 170 Å². The number of rotatable bonds is 0. The van der Waals surface area contributed by atoms with Gasteiger partial charge in [-0.05, 0) is 52.0 Å². The summed E-state index contributed by atoms with van der Waals surface area (Å²) >= 11 is 5.25. The van der Waals surface area contributed by atoms with E-state index in [0.29, 0.717) is 0 Å². The van der Waals surface area contributed by atoms with Crippen LogP contribution in [0.1, 0.15) is 119 Å². The fourth-order valence-corrected chi connectivity index (χ4v) is 5.45. The molecule has 4 aromatic heterocycles. The maximum Gasteiger partial charge on any atom is 0.192 e. The smallest absolute Gasteiger partial charge is 0.192 e. The molecule has 9 nitrogen and oxygen atoms in total. The number of oxazole rings is 2. The summed E-state index contributed by atoms with van der Waals surface area (Å²) in [5, 5.41) is 8.56. The molecule has 0 unspecified atom stereocenters. The minimum atomic E-state index is 0.718. The zero-order chi connectivity index (χ0) is 43.6. The van der Waals surface area contributed by atoms with Crippen molar-refractivity contribution in [2.24, 2.45) is 9.98 Å². The normalized spacial score (nSPS) is 10.7. The molecule has 2 aliphatic heterocycles. The maximum atomic E-state index is 5.26. The molecule has 0 amide bonds. The molecule has 316 valence electrons. The van der Waals surface area contributed by atoms with E-state index in [-0.39, 0.29) is 0 Å². The number of para-hydroxylation sites is 3. The molecule has 1 N–H and O–H groups in total. The Labute approximate surface area is 353 Å². The zero-order valence-corrected chi connectivity index (χ0v) is 40.4. The highest BCUT2D eigenvalue weighted by atomic mass is 32.2. The first kappa shape index (κ1) is 58.8. The van der Waals surface area contributed by atoms with Crippen molar-refractivity contribution in [2.75, 3.05) is 25.4 Å². The molecule has 0 radical (unpaired) electrons. The SMILES string of the molecule is CC.CC.CC.CC.CC.CC.CC1=NCCN1.CC1=NCCS1.Cc1nc2ccccc2o1.Cc1nc2ccccc2s1.Cc1ncco1.Cc1nccs1. The van der Waals surface area contributed by atoms with Crippen molar-refractivity contribution in [3.8, 4) is 0 Å². The van der Waals surface area contributed by atoms with Crippen molar-refractivity contribution in [1.82, 2.24) is 25.3 Å². The van der Waals surface area contributed by atoms with Crippen molar-refractivity contribution in [3.63, 3.8) is 0 Å². The van der Waals surface area contributed by atoms with E-state index in [4.69, 9.17) is 8.83 Å². The van der Waals surface area contributed by atoms with Gasteiger partial charge in [-0.1, -0.05) is 107 Å². The predicted octanol–water partition coefficient (Wildman–Crippen LogP) is 14.5. The standard InChI is InChI=1S/C8H7NO.C8H7NS.C4H8N2.C4H5NO.C4H7NS.C4H5NS.6C2H6/c2*1-6-9-7-4-2-3-5-8(7)10-6;4*1-4-5-2-3-6-4;6*1-2/h2*2-5H,1H3;2-3H2,1H3,(H,5,6);2-3H,1H3;2-3H2,1H3;2-3H,1H3;6*1-2H3. The molecule has 6 aromatic rings. The molecule has 12 heteroatoms. The van der Waals surface area contributed by atoms with Gasteiger partial charge in [-0.25, -0.2) is 15.0 Å². The number of thioether (sulfide) groups is 1. The number of hydrogen-bond donors (Lipinski definition) is 1. The molecule has 0 fully saturated rings. The summed E-state index contributed by atoms with van der Waals surface area (Å²) in [6, 6.07) is 15.9. The van der Waals surface area contributed by atoms with E-state index in [2.05, 4.69) is 48.2 Å². The van der Waals surface area contributed by atoms with Gasteiger partial charge in [0.25, 0.3) is 0 Å². The maximum absolute atomic E-state index is 5.26. The van der Waals surface area contributed by atoms with Crippen molar-refractivity contribution in [3.05, 3.63) is 94.4 Å². The Morgan fingerprint density at radius 3 is 1.55 bits per heavy atom. The number of amidine groups is 1. The second-order valence-electron chi connectivity index (χ2n) is 9.15. The minimum absolute atomic E-state index is 0.718. The molecule has 0 saturated carbocycles. The molecule has 0 aliphatic carbocycles. The lowest BCUT2D eigenvalue weighted by Gasteiger charge is -1.85. The van der Waals surface area contributed by atoms with Gasteiger partial charge >= 0.3 is 0 Å². The number of thiazole rings is 2. The number of aromatic nitrogens is 4. The Balaban J connectivity index is -0.000000278. The highest BCUT2D eigenvalue weighted by molar-refractivity contribution is 8.14.